The molecule has 2 aromatic rings. The van der Waals surface area contributed by atoms with Crippen molar-refractivity contribution in [2.24, 2.45) is 0 Å². The van der Waals surface area contributed by atoms with Crippen LogP contribution in [0.1, 0.15) is 46.1 Å². The van der Waals surface area contributed by atoms with Crippen LogP contribution >= 0.6 is 0 Å². The molecule has 0 saturated heterocycles. The molecule has 0 saturated carbocycles. The molecule has 1 aromatic carbocycles. The van der Waals surface area contributed by atoms with E-state index in [0.29, 0.717) is 17.9 Å². The van der Waals surface area contributed by atoms with E-state index in [9.17, 15) is 13.2 Å². The summed E-state index contributed by atoms with van der Waals surface area (Å²) in [6, 6.07) is 7.03. The molecule has 2 unspecified atom stereocenters. The molecule has 0 aliphatic heterocycles. The van der Waals surface area contributed by atoms with Crippen LogP contribution in [0.2, 0.25) is 0 Å². The normalized spacial score (nSPS) is 13.7. The highest BCUT2D eigenvalue weighted by Crippen LogP contribution is 2.36. The second kappa shape index (κ2) is 8.92. The first-order valence-electron chi connectivity index (χ1n) is 8.87. The van der Waals surface area contributed by atoms with Gasteiger partial charge in [0.1, 0.15) is 11.3 Å². The third-order valence-electron chi connectivity index (χ3n) is 3.97. The number of hydrogen-bond acceptors (Lipinski definition) is 5. The quantitative estimate of drug-likeness (QED) is 0.644. The van der Waals surface area contributed by atoms with Crippen molar-refractivity contribution in [3.63, 3.8) is 0 Å². The third-order valence-corrected chi connectivity index (χ3v) is 3.97. The summed E-state index contributed by atoms with van der Waals surface area (Å²) in [6.45, 7) is 7.51. The lowest BCUT2D eigenvalue weighted by atomic mass is 10.2. The maximum Gasteiger partial charge on any atom is 0.423 e. The van der Waals surface area contributed by atoms with E-state index >= 15 is 0 Å². The molecule has 1 N–H and O–H groups in total. The molecule has 27 heavy (non-hydrogen) atoms. The molecule has 148 valence electrons. The van der Waals surface area contributed by atoms with Gasteiger partial charge >= 0.3 is 6.18 Å². The van der Waals surface area contributed by atoms with E-state index in [0.717, 1.165) is 12.6 Å². The zero-order valence-corrected chi connectivity index (χ0v) is 15.8. The minimum Gasteiger partial charge on any atom is -0.491 e. The van der Waals surface area contributed by atoms with Gasteiger partial charge < -0.3 is 14.8 Å². The molecule has 0 fully saturated rings. The number of aromatic nitrogens is 2. The van der Waals surface area contributed by atoms with E-state index < -0.39 is 23.7 Å². The first-order valence-corrected chi connectivity index (χ1v) is 8.87. The first kappa shape index (κ1) is 20.8. The largest absolute Gasteiger partial charge is 0.491 e. The van der Waals surface area contributed by atoms with E-state index in [1.165, 1.54) is 0 Å². The van der Waals surface area contributed by atoms with Gasteiger partial charge in [-0.2, -0.15) is 18.2 Å². The van der Waals surface area contributed by atoms with Crippen molar-refractivity contribution in [2.45, 2.75) is 58.9 Å². The fourth-order valence-electron chi connectivity index (χ4n) is 2.05. The van der Waals surface area contributed by atoms with Gasteiger partial charge in [-0.15, -0.1) is 0 Å². The highest BCUT2D eigenvalue weighted by atomic mass is 19.4. The number of nitrogens with zero attached hydrogens (tertiary/aromatic N) is 2. The second-order valence-electron chi connectivity index (χ2n) is 6.23. The molecule has 2 rings (SSSR count). The molecule has 8 heteroatoms. The zero-order valence-electron chi connectivity index (χ0n) is 15.8. The molecule has 0 bridgehead atoms. The van der Waals surface area contributed by atoms with Crippen molar-refractivity contribution < 1.29 is 22.6 Å². The summed E-state index contributed by atoms with van der Waals surface area (Å²) in [5.74, 6) is 0.256. The van der Waals surface area contributed by atoms with Gasteiger partial charge in [-0.25, -0.2) is 4.98 Å². The van der Waals surface area contributed by atoms with Crippen LogP contribution in [0.25, 0.3) is 0 Å². The van der Waals surface area contributed by atoms with Crippen molar-refractivity contribution in [1.29, 1.82) is 0 Å². The molecule has 5 nitrogen and oxygen atoms in total. The van der Waals surface area contributed by atoms with E-state index in [1.54, 1.807) is 31.2 Å². The predicted molar refractivity (Wildman–Crippen MR) is 97.5 cm³/mol. The highest BCUT2D eigenvalue weighted by Gasteiger charge is 2.36. The Morgan fingerprint density at radius 3 is 2.15 bits per heavy atom. The van der Waals surface area contributed by atoms with Crippen LogP contribution in [-0.4, -0.2) is 22.2 Å². The highest BCUT2D eigenvalue weighted by molar-refractivity contribution is 5.55. The van der Waals surface area contributed by atoms with Gasteiger partial charge in [0, 0.05) is 11.9 Å². The number of nitrogens with one attached hydrogen (secondary N) is 1. The summed E-state index contributed by atoms with van der Waals surface area (Å²) in [7, 11) is 0. The number of ether oxygens (including phenoxy) is 2. The van der Waals surface area contributed by atoms with E-state index in [2.05, 4.69) is 15.3 Å². The minimum atomic E-state index is -4.59. The SMILES string of the molecule is CCC(C)Oc1ccc(Nc2ncc(C(F)(F)F)c(OC(C)CC)n2)cc1. The summed E-state index contributed by atoms with van der Waals surface area (Å²) in [4.78, 5) is 7.68. The lowest BCUT2D eigenvalue weighted by Gasteiger charge is -2.17. The lowest BCUT2D eigenvalue weighted by molar-refractivity contribution is -0.139. The van der Waals surface area contributed by atoms with Crippen molar-refractivity contribution in [1.82, 2.24) is 9.97 Å². The minimum absolute atomic E-state index is 0.0249. The van der Waals surface area contributed by atoms with Gasteiger partial charge in [0.05, 0.1) is 12.2 Å². The number of alkyl halides is 3. The van der Waals surface area contributed by atoms with Crippen LogP contribution in [0.3, 0.4) is 0 Å². The van der Waals surface area contributed by atoms with Crippen LogP contribution in [-0.2, 0) is 6.18 Å². The maximum atomic E-state index is 13.1. The molecule has 1 heterocycles. The maximum absolute atomic E-state index is 13.1. The molecule has 0 aliphatic carbocycles. The number of rotatable bonds is 8. The molecule has 0 aliphatic rings. The predicted octanol–water partition coefficient (Wildman–Crippen LogP) is 5.59. The van der Waals surface area contributed by atoms with E-state index in [-0.39, 0.29) is 12.1 Å². The zero-order chi connectivity index (χ0) is 20.0. The van der Waals surface area contributed by atoms with Crippen molar-refractivity contribution >= 4 is 11.6 Å². The van der Waals surface area contributed by atoms with Crippen LogP contribution in [0.4, 0.5) is 24.8 Å². The summed E-state index contributed by atoms with van der Waals surface area (Å²) in [5, 5.41) is 2.88. The van der Waals surface area contributed by atoms with Gasteiger partial charge in [-0.05, 0) is 51.0 Å². The topological polar surface area (TPSA) is 56.3 Å². The van der Waals surface area contributed by atoms with Crippen LogP contribution in [0, 0.1) is 0 Å². The molecule has 0 radical (unpaired) electrons. The number of halogens is 3. The average Bonchev–Trinajstić information content (AvgIpc) is 2.62. The summed E-state index contributed by atoms with van der Waals surface area (Å²) < 4.78 is 50.5. The summed E-state index contributed by atoms with van der Waals surface area (Å²) >= 11 is 0. The summed E-state index contributed by atoms with van der Waals surface area (Å²) in [6.07, 6.45) is -2.71. The Labute approximate surface area is 156 Å². The number of benzene rings is 1. The van der Waals surface area contributed by atoms with Gasteiger partial charge in [-0.3, -0.25) is 0 Å². The lowest BCUT2D eigenvalue weighted by Crippen LogP contribution is -2.17. The molecule has 1 aromatic heterocycles. The molecule has 0 spiro atoms. The van der Waals surface area contributed by atoms with Gasteiger partial charge in [-0.1, -0.05) is 13.8 Å². The molecule has 0 amide bonds. The van der Waals surface area contributed by atoms with Crippen molar-refractivity contribution in [3.05, 3.63) is 36.0 Å². The number of anilines is 2. The van der Waals surface area contributed by atoms with Crippen molar-refractivity contribution in [2.75, 3.05) is 5.32 Å². The van der Waals surface area contributed by atoms with Crippen LogP contribution in [0.15, 0.2) is 30.5 Å². The van der Waals surface area contributed by atoms with Crippen molar-refractivity contribution in [3.8, 4) is 11.6 Å². The first-order chi connectivity index (χ1) is 12.7. The number of hydrogen-bond donors (Lipinski definition) is 1. The Bertz CT molecular complexity index is 736. The smallest absolute Gasteiger partial charge is 0.423 e. The molecule has 2 atom stereocenters. The second-order valence-corrected chi connectivity index (χ2v) is 6.23. The average molecular weight is 383 g/mol. The Morgan fingerprint density at radius 1 is 1.00 bits per heavy atom. The monoisotopic (exact) mass is 383 g/mol. The van der Waals surface area contributed by atoms with Gasteiger partial charge in [0.2, 0.25) is 11.8 Å². The third kappa shape index (κ3) is 6.01. The standard InChI is InChI=1S/C19H24F3N3O2/c1-5-12(3)26-15-9-7-14(8-10-15)24-18-23-11-16(19(20,21)22)17(25-18)27-13(4)6-2/h7-13H,5-6H2,1-4H3,(H,23,24,25). The summed E-state index contributed by atoms with van der Waals surface area (Å²) in [5.41, 5.74) is -0.369. The van der Waals surface area contributed by atoms with Gasteiger partial charge in [0.25, 0.3) is 0 Å². The van der Waals surface area contributed by atoms with E-state index in [1.807, 2.05) is 20.8 Å². The fraction of sp³-hybridized carbons (Fsp3) is 0.474. The fourth-order valence-corrected chi connectivity index (χ4v) is 2.05. The van der Waals surface area contributed by atoms with Crippen LogP contribution in [0.5, 0.6) is 11.6 Å². The Kier molecular flexibility index (Phi) is 6.87. The van der Waals surface area contributed by atoms with Crippen LogP contribution < -0.4 is 14.8 Å². The molecular formula is C19H24F3N3O2. The Hall–Kier alpha value is -2.51. The Morgan fingerprint density at radius 2 is 1.59 bits per heavy atom. The Balaban J connectivity index is 2.19. The molecular weight excluding hydrogens is 359 g/mol. The van der Waals surface area contributed by atoms with Gasteiger partial charge in [0.15, 0.2) is 0 Å². The van der Waals surface area contributed by atoms with E-state index in [4.69, 9.17) is 9.47 Å².